The summed E-state index contributed by atoms with van der Waals surface area (Å²) >= 11 is 0. The molecule has 0 bridgehead atoms. The van der Waals surface area contributed by atoms with Crippen LogP contribution >= 0.6 is 0 Å². The van der Waals surface area contributed by atoms with Crippen molar-refractivity contribution in [1.29, 1.82) is 0 Å². The fourth-order valence-electron chi connectivity index (χ4n) is 5.49. The Morgan fingerprint density at radius 1 is 1.12 bits per heavy atom. The summed E-state index contributed by atoms with van der Waals surface area (Å²) in [6, 6.07) is 9.55. The number of aliphatic hydroxyl groups excluding tert-OH is 2. The van der Waals surface area contributed by atoms with Crippen molar-refractivity contribution in [1.82, 2.24) is 4.90 Å². The molecule has 5 heteroatoms. The van der Waals surface area contributed by atoms with Crippen LogP contribution in [-0.2, 0) is 4.74 Å². The number of para-hydroxylation sites is 1. The average molecular weight is 442 g/mol. The molecule has 0 aromatic heterocycles. The van der Waals surface area contributed by atoms with Crippen LogP contribution in [0.25, 0.3) is 0 Å². The molecule has 5 atom stereocenters. The number of rotatable bonds is 11. The zero-order chi connectivity index (χ0) is 22.2. The molecule has 1 saturated carbocycles. The number of ether oxygens (including phenoxy) is 2. The predicted molar refractivity (Wildman–Crippen MR) is 127 cm³/mol. The van der Waals surface area contributed by atoms with E-state index in [1.54, 1.807) is 5.57 Å². The van der Waals surface area contributed by atoms with E-state index in [0.29, 0.717) is 11.8 Å². The average Bonchev–Trinajstić information content (AvgIpc) is 3.33. The number of hydrogen-bond donors (Lipinski definition) is 2. The van der Waals surface area contributed by atoms with Crippen LogP contribution < -0.4 is 4.74 Å². The highest BCUT2D eigenvalue weighted by atomic mass is 16.5. The minimum atomic E-state index is -0.665. The number of benzene rings is 1. The molecule has 1 saturated heterocycles. The quantitative estimate of drug-likeness (QED) is 0.404. The molecule has 0 radical (unpaired) electrons. The van der Waals surface area contributed by atoms with Gasteiger partial charge in [0.05, 0.1) is 19.3 Å². The summed E-state index contributed by atoms with van der Waals surface area (Å²) in [4.78, 5) is 2.51. The molecule has 5 nitrogen and oxygen atoms in total. The lowest BCUT2D eigenvalue weighted by atomic mass is 9.88. The van der Waals surface area contributed by atoms with Crippen LogP contribution in [0, 0.1) is 17.8 Å². The summed E-state index contributed by atoms with van der Waals surface area (Å²) in [5.74, 6) is 1.85. The topological polar surface area (TPSA) is 62.2 Å². The minimum Gasteiger partial charge on any atom is -0.491 e. The Balaban J connectivity index is 1.16. The predicted octanol–water partition coefficient (Wildman–Crippen LogP) is 3.82. The molecule has 0 spiro atoms. The Labute approximate surface area is 192 Å². The van der Waals surface area contributed by atoms with Gasteiger partial charge in [0.15, 0.2) is 0 Å². The fourth-order valence-corrected chi connectivity index (χ4v) is 5.49. The Hall–Kier alpha value is -1.66. The van der Waals surface area contributed by atoms with Crippen molar-refractivity contribution in [3.8, 4) is 5.75 Å². The van der Waals surface area contributed by atoms with Crippen LogP contribution in [0.1, 0.15) is 38.5 Å². The number of nitrogens with zero attached hydrogens (tertiary/aromatic N) is 1. The van der Waals surface area contributed by atoms with Gasteiger partial charge in [-0.05, 0) is 62.6 Å². The third kappa shape index (κ3) is 6.67. The molecule has 4 rings (SSSR count). The van der Waals surface area contributed by atoms with E-state index >= 15 is 0 Å². The van der Waals surface area contributed by atoms with Crippen LogP contribution in [0.4, 0.5) is 0 Å². The molecule has 1 heterocycles. The van der Waals surface area contributed by atoms with Crippen molar-refractivity contribution < 1.29 is 19.7 Å². The van der Waals surface area contributed by atoms with Gasteiger partial charge in [0.2, 0.25) is 0 Å². The first-order valence-electron chi connectivity index (χ1n) is 12.4. The summed E-state index contributed by atoms with van der Waals surface area (Å²) in [5.41, 5.74) is 1.57. The van der Waals surface area contributed by atoms with E-state index < -0.39 is 6.10 Å². The van der Waals surface area contributed by atoms with Gasteiger partial charge in [-0.15, -0.1) is 0 Å². The summed E-state index contributed by atoms with van der Waals surface area (Å²) in [7, 11) is 0. The first-order valence-corrected chi connectivity index (χ1v) is 12.4. The van der Waals surface area contributed by atoms with E-state index in [1.165, 1.54) is 32.2 Å². The lowest BCUT2D eigenvalue weighted by Gasteiger charge is -2.26. The molecule has 2 N–H and O–H groups in total. The number of aliphatic hydroxyl groups is 2. The highest BCUT2D eigenvalue weighted by Gasteiger charge is 2.43. The van der Waals surface area contributed by atoms with Gasteiger partial charge in [0.1, 0.15) is 18.5 Å². The minimum absolute atomic E-state index is 0.126. The van der Waals surface area contributed by atoms with Crippen LogP contribution in [0.2, 0.25) is 0 Å². The largest absolute Gasteiger partial charge is 0.491 e. The maximum atomic E-state index is 10.6. The Kier molecular flexibility index (Phi) is 8.80. The molecular weight excluding hydrogens is 402 g/mol. The third-order valence-electron chi connectivity index (χ3n) is 7.25. The van der Waals surface area contributed by atoms with Crippen molar-refractivity contribution >= 4 is 0 Å². The van der Waals surface area contributed by atoms with Gasteiger partial charge in [0.25, 0.3) is 0 Å². The number of unbranched alkanes of at least 4 members (excludes halogenated alkanes) is 2. The highest BCUT2D eigenvalue weighted by molar-refractivity contribution is 5.22. The number of hydrogen-bond acceptors (Lipinski definition) is 5. The van der Waals surface area contributed by atoms with Crippen molar-refractivity contribution in [2.45, 2.75) is 50.7 Å². The van der Waals surface area contributed by atoms with Gasteiger partial charge >= 0.3 is 0 Å². The second kappa shape index (κ2) is 12.0. The van der Waals surface area contributed by atoms with Crippen LogP contribution in [0.3, 0.4) is 0 Å². The third-order valence-corrected chi connectivity index (χ3v) is 7.25. The van der Waals surface area contributed by atoms with Gasteiger partial charge < -0.3 is 19.7 Å². The van der Waals surface area contributed by atoms with Crippen LogP contribution in [0.15, 0.2) is 54.1 Å². The molecule has 176 valence electrons. The lowest BCUT2D eigenvalue weighted by molar-refractivity contribution is 0.0371. The summed E-state index contributed by atoms with van der Waals surface area (Å²) < 4.78 is 11.0. The second-order valence-electron chi connectivity index (χ2n) is 9.58. The maximum Gasteiger partial charge on any atom is 0.119 e. The molecule has 2 aliphatic carbocycles. The monoisotopic (exact) mass is 441 g/mol. The Morgan fingerprint density at radius 3 is 2.75 bits per heavy atom. The summed E-state index contributed by atoms with van der Waals surface area (Å²) in [5, 5.41) is 20.9. The lowest BCUT2D eigenvalue weighted by Crippen LogP contribution is -2.36. The Bertz CT molecular complexity index is 743. The van der Waals surface area contributed by atoms with Gasteiger partial charge in [0, 0.05) is 19.0 Å². The van der Waals surface area contributed by atoms with Crippen LogP contribution in [0.5, 0.6) is 5.75 Å². The Morgan fingerprint density at radius 2 is 1.94 bits per heavy atom. The van der Waals surface area contributed by atoms with E-state index in [2.05, 4.69) is 11.0 Å². The van der Waals surface area contributed by atoms with Crippen molar-refractivity contribution in [3.63, 3.8) is 0 Å². The highest BCUT2D eigenvalue weighted by Crippen LogP contribution is 2.48. The molecule has 1 aliphatic heterocycles. The van der Waals surface area contributed by atoms with Gasteiger partial charge in [-0.1, -0.05) is 48.4 Å². The number of fused-ring (bicyclic) bond motifs is 1. The van der Waals surface area contributed by atoms with Crippen molar-refractivity contribution in [3.05, 3.63) is 54.1 Å². The first kappa shape index (κ1) is 23.5. The molecule has 2 fully saturated rings. The zero-order valence-electron chi connectivity index (χ0n) is 19.1. The number of morpholine rings is 1. The summed E-state index contributed by atoms with van der Waals surface area (Å²) in [6.07, 6.45) is 12.3. The van der Waals surface area contributed by atoms with E-state index in [0.717, 1.165) is 44.9 Å². The van der Waals surface area contributed by atoms with E-state index in [9.17, 15) is 10.2 Å². The SMILES string of the molecule is O[C@H](C=C[C@@H]1[C@H]2CC(CCCCCN3CCOCC3)=C[C@H]2C[C@H]1O)COc1ccccc1. The van der Waals surface area contributed by atoms with Gasteiger partial charge in [-0.2, -0.15) is 0 Å². The second-order valence-corrected chi connectivity index (χ2v) is 9.58. The molecule has 3 aliphatic rings. The summed E-state index contributed by atoms with van der Waals surface area (Å²) in [6.45, 7) is 5.36. The first-order chi connectivity index (χ1) is 15.7. The molecular formula is C27H39NO4. The molecule has 0 amide bonds. The fraction of sp³-hybridized carbons (Fsp3) is 0.630. The van der Waals surface area contributed by atoms with Gasteiger partial charge in [-0.3, -0.25) is 4.90 Å². The number of allylic oxidation sites excluding steroid dienone is 2. The molecule has 0 unspecified atom stereocenters. The smallest absolute Gasteiger partial charge is 0.119 e. The zero-order valence-corrected chi connectivity index (χ0v) is 19.1. The maximum absolute atomic E-state index is 10.6. The van der Waals surface area contributed by atoms with Crippen LogP contribution in [-0.4, -0.2) is 66.8 Å². The normalized spacial score (nSPS) is 29.2. The van der Waals surface area contributed by atoms with E-state index in [-0.39, 0.29) is 18.6 Å². The standard InChI is InChI=1S/C27H39NO4/c29-23(20-32-24-8-4-1-5-9-24)10-11-25-26-18-21(17-22(26)19-27(25)30)7-3-2-6-12-28-13-15-31-16-14-28/h1,4-5,8-11,17,22-23,25-27,29-30H,2-3,6-7,12-16,18-20H2/t22-,23+,25+,26-,27+/m0/s1. The van der Waals surface area contributed by atoms with E-state index in [4.69, 9.17) is 9.47 Å². The van der Waals surface area contributed by atoms with Crippen molar-refractivity contribution in [2.75, 3.05) is 39.5 Å². The van der Waals surface area contributed by atoms with Crippen molar-refractivity contribution in [2.24, 2.45) is 17.8 Å². The van der Waals surface area contributed by atoms with Gasteiger partial charge in [-0.25, -0.2) is 0 Å². The molecule has 1 aromatic rings. The molecule has 1 aromatic carbocycles. The molecule has 32 heavy (non-hydrogen) atoms. The van der Waals surface area contributed by atoms with E-state index in [1.807, 2.05) is 42.5 Å².